The first-order chi connectivity index (χ1) is 12.4. The summed E-state index contributed by atoms with van der Waals surface area (Å²) in [5.41, 5.74) is 3.98. The first kappa shape index (κ1) is 18.2. The molecule has 0 fully saturated rings. The highest BCUT2D eigenvalue weighted by Gasteiger charge is 2.11. The van der Waals surface area contributed by atoms with Crippen molar-refractivity contribution in [3.05, 3.63) is 54.2 Å². The Kier molecular flexibility index (Phi) is 5.13. The van der Waals surface area contributed by atoms with Gasteiger partial charge in [-0.3, -0.25) is 14.0 Å². The molecule has 2 aromatic carbocycles. The molecule has 0 aliphatic heterocycles. The second-order valence-corrected chi connectivity index (χ2v) is 8.66. The second kappa shape index (κ2) is 7.33. The van der Waals surface area contributed by atoms with Crippen molar-refractivity contribution < 1.29 is 13.7 Å². The summed E-state index contributed by atoms with van der Waals surface area (Å²) in [4.78, 5) is 4.44. The van der Waals surface area contributed by atoms with Crippen molar-refractivity contribution in [2.75, 3.05) is 26.2 Å². The van der Waals surface area contributed by atoms with Gasteiger partial charge in [-0.05, 0) is 35.2 Å². The number of ether oxygens (including phenoxy) is 2. The van der Waals surface area contributed by atoms with Crippen LogP contribution in [-0.4, -0.2) is 35.4 Å². The summed E-state index contributed by atoms with van der Waals surface area (Å²) in [5.74, 6) is 1.66. The van der Waals surface area contributed by atoms with E-state index in [0.29, 0.717) is 23.7 Å². The van der Waals surface area contributed by atoms with Gasteiger partial charge in [0, 0.05) is 39.4 Å². The standard InChI is InChI=1S/C20H22N2O3S/c1-24-19-12-17-16(7-9-22-18(17)13-20(19)25-2)15-6-4-5-14(11-15)8-10-26(3,21)23/h4-7,9,11-13,21H,8,10H2,1-3H3. The molecule has 0 aliphatic rings. The van der Waals surface area contributed by atoms with E-state index in [9.17, 15) is 4.21 Å². The number of hydrogen-bond donors (Lipinski definition) is 1. The predicted molar refractivity (Wildman–Crippen MR) is 106 cm³/mol. The number of nitrogens with zero attached hydrogens (tertiary/aromatic N) is 1. The van der Waals surface area contributed by atoms with Crippen LogP contribution in [0.3, 0.4) is 0 Å². The van der Waals surface area contributed by atoms with Gasteiger partial charge in [0.2, 0.25) is 0 Å². The molecule has 1 unspecified atom stereocenters. The molecule has 26 heavy (non-hydrogen) atoms. The number of aryl methyl sites for hydroxylation is 1. The molecule has 1 atom stereocenters. The highest BCUT2D eigenvalue weighted by atomic mass is 32.2. The van der Waals surface area contributed by atoms with Crippen LogP contribution in [0.4, 0.5) is 0 Å². The molecular weight excluding hydrogens is 348 g/mol. The van der Waals surface area contributed by atoms with Gasteiger partial charge in [0.15, 0.2) is 11.5 Å². The van der Waals surface area contributed by atoms with E-state index < -0.39 is 9.73 Å². The van der Waals surface area contributed by atoms with Crippen LogP contribution in [0.2, 0.25) is 0 Å². The van der Waals surface area contributed by atoms with Crippen molar-refractivity contribution in [3.8, 4) is 22.6 Å². The van der Waals surface area contributed by atoms with Gasteiger partial charge in [-0.25, -0.2) is 0 Å². The Bertz CT molecular complexity index is 1050. The number of benzene rings is 2. The number of pyridine rings is 1. The fraction of sp³-hybridized carbons (Fsp3) is 0.250. The SMILES string of the molecule is COc1cc2nccc(-c3cccc(CCS(C)(=N)=O)c3)c2cc1OC. The van der Waals surface area contributed by atoms with E-state index in [1.54, 1.807) is 20.4 Å². The topological polar surface area (TPSA) is 72.3 Å². The Morgan fingerprint density at radius 1 is 1.08 bits per heavy atom. The largest absolute Gasteiger partial charge is 0.493 e. The molecule has 3 aromatic rings. The molecule has 0 radical (unpaired) electrons. The first-order valence-corrected chi connectivity index (χ1v) is 10.4. The number of nitrogens with one attached hydrogen (secondary N) is 1. The Balaban J connectivity index is 2.08. The molecule has 6 heteroatoms. The first-order valence-electron chi connectivity index (χ1n) is 8.23. The average molecular weight is 370 g/mol. The van der Waals surface area contributed by atoms with Crippen LogP contribution in [0, 0.1) is 4.78 Å². The van der Waals surface area contributed by atoms with Crippen LogP contribution in [0.15, 0.2) is 48.7 Å². The van der Waals surface area contributed by atoms with Crippen molar-refractivity contribution in [2.45, 2.75) is 6.42 Å². The highest BCUT2D eigenvalue weighted by molar-refractivity contribution is 7.91. The van der Waals surface area contributed by atoms with Gasteiger partial charge in [0.05, 0.1) is 19.7 Å². The molecular formula is C20H22N2O3S. The smallest absolute Gasteiger partial charge is 0.162 e. The Morgan fingerprint density at radius 2 is 1.81 bits per heavy atom. The van der Waals surface area contributed by atoms with Gasteiger partial charge in [0.25, 0.3) is 0 Å². The maximum atomic E-state index is 11.7. The van der Waals surface area contributed by atoms with Gasteiger partial charge in [-0.2, -0.15) is 0 Å². The highest BCUT2D eigenvalue weighted by Crippen LogP contribution is 2.36. The summed E-state index contributed by atoms with van der Waals surface area (Å²) < 4.78 is 30.0. The minimum Gasteiger partial charge on any atom is -0.493 e. The van der Waals surface area contributed by atoms with E-state index in [1.165, 1.54) is 6.26 Å². The monoisotopic (exact) mass is 370 g/mol. The third kappa shape index (κ3) is 3.96. The van der Waals surface area contributed by atoms with Crippen molar-refractivity contribution in [3.63, 3.8) is 0 Å². The van der Waals surface area contributed by atoms with Crippen molar-refractivity contribution in [2.24, 2.45) is 0 Å². The van der Waals surface area contributed by atoms with E-state index in [4.69, 9.17) is 14.3 Å². The summed E-state index contributed by atoms with van der Waals surface area (Å²) in [6, 6.07) is 13.9. The molecule has 1 aromatic heterocycles. The molecule has 1 N–H and O–H groups in total. The lowest BCUT2D eigenvalue weighted by molar-refractivity contribution is 0.356. The van der Waals surface area contributed by atoms with Crippen LogP contribution >= 0.6 is 0 Å². The number of fused-ring (bicyclic) bond motifs is 1. The summed E-state index contributed by atoms with van der Waals surface area (Å²) in [7, 11) is 0.729. The summed E-state index contributed by atoms with van der Waals surface area (Å²) >= 11 is 0. The molecule has 0 aliphatic carbocycles. The number of rotatable bonds is 6. The fourth-order valence-electron chi connectivity index (χ4n) is 2.93. The minimum atomic E-state index is -2.49. The molecule has 1 heterocycles. The lowest BCUT2D eigenvalue weighted by atomic mass is 9.98. The Hall–Kier alpha value is -2.60. The van der Waals surface area contributed by atoms with Crippen LogP contribution in [-0.2, 0) is 16.1 Å². The lowest BCUT2D eigenvalue weighted by Gasteiger charge is -2.12. The quantitative estimate of drug-likeness (QED) is 0.708. The van der Waals surface area contributed by atoms with Crippen molar-refractivity contribution >= 4 is 20.6 Å². The number of aromatic nitrogens is 1. The maximum absolute atomic E-state index is 11.7. The van der Waals surface area contributed by atoms with Gasteiger partial charge in [-0.1, -0.05) is 24.3 Å². The minimum absolute atomic E-state index is 0.360. The molecule has 136 valence electrons. The van der Waals surface area contributed by atoms with Gasteiger partial charge in [-0.15, -0.1) is 0 Å². The zero-order valence-electron chi connectivity index (χ0n) is 15.1. The zero-order valence-corrected chi connectivity index (χ0v) is 15.9. The molecule has 0 saturated carbocycles. The lowest BCUT2D eigenvalue weighted by Crippen LogP contribution is -2.04. The normalized spacial score (nSPS) is 13.3. The second-order valence-electron chi connectivity index (χ2n) is 6.24. The molecule has 0 amide bonds. The fourth-order valence-corrected chi connectivity index (χ4v) is 3.56. The van der Waals surface area contributed by atoms with Crippen LogP contribution < -0.4 is 9.47 Å². The summed E-state index contributed by atoms with van der Waals surface area (Å²) in [6.45, 7) is 0. The van der Waals surface area contributed by atoms with Crippen molar-refractivity contribution in [1.82, 2.24) is 4.98 Å². The summed E-state index contributed by atoms with van der Waals surface area (Å²) in [6.07, 6.45) is 3.87. The third-order valence-electron chi connectivity index (χ3n) is 4.27. The molecule has 3 rings (SSSR count). The Labute approximate surface area is 154 Å². The van der Waals surface area contributed by atoms with E-state index in [0.717, 1.165) is 27.6 Å². The van der Waals surface area contributed by atoms with Crippen LogP contribution in [0.5, 0.6) is 11.5 Å². The maximum Gasteiger partial charge on any atom is 0.162 e. The van der Waals surface area contributed by atoms with E-state index in [2.05, 4.69) is 11.1 Å². The molecule has 0 bridgehead atoms. The van der Waals surface area contributed by atoms with Gasteiger partial charge >= 0.3 is 0 Å². The number of methoxy groups -OCH3 is 2. The molecule has 0 spiro atoms. The average Bonchev–Trinajstić information content (AvgIpc) is 2.64. The Morgan fingerprint density at radius 3 is 2.50 bits per heavy atom. The van der Waals surface area contributed by atoms with Crippen LogP contribution in [0.1, 0.15) is 5.56 Å². The summed E-state index contributed by atoms with van der Waals surface area (Å²) in [5, 5.41) is 0.974. The van der Waals surface area contributed by atoms with Crippen molar-refractivity contribution in [1.29, 1.82) is 4.78 Å². The third-order valence-corrected chi connectivity index (χ3v) is 5.25. The zero-order chi connectivity index (χ0) is 18.7. The van der Waals surface area contributed by atoms with Gasteiger partial charge in [0.1, 0.15) is 0 Å². The van der Waals surface area contributed by atoms with Crippen LogP contribution in [0.25, 0.3) is 22.0 Å². The molecule has 5 nitrogen and oxygen atoms in total. The van der Waals surface area contributed by atoms with Gasteiger partial charge < -0.3 is 9.47 Å². The molecule has 0 saturated heterocycles. The van der Waals surface area contributed by atoms with E-state index in [-0.39, 0.29) is 0 Å². The predicted octanol–water partition coefficient (Wildman–Crippen LogP) is 4.14. The number of hydrogen-bond acceptors (Lipinski definition) is 5. The van der Waals surface area contributed by atoms with E-state index in [1.807, 2.05) is 36.4 Å². The van der Waals surface area contributed by atoms with E-state index >= 15 is 0 Å².